The highest BCUT2D eigenvalue weighted by molar-refractivity contribution is 5.93. The Morgan fingerprint density at radius 2 is 2.29 bits per heavy atom. The molecule has 1 aliphatic heterocycles. The van der Waals surface area contributed by atoms with Gasteiger partial charge in [0.2, 0.25) is 0 Å². The van der Waals surface area contributed by atoms with E-state index in [9.17, 15) is 4.79 Å². The van der Waals surface area contributed by atoms with Gasteiger partial charge in [-0.3, -0.25) is 0 Å². The summed E-state index contributed by atoms with van der Waals surface area (Å²) >= 11 is 0. The quantitative estimate of drug-likeness (QED) is 0.815. The largest absolute Gasteiger partial charge is 0.459 e. The lowest BCUT2D eigenvalue weighted by Crippen LogP contribution is -2.19. The molecule has 0 bridgehead atoms. The molecule has 5 heteroatoms. The van der Waals surface area contributed by atoms with Crippen molar-refractivity contribution in [3.8, 4) is 0 Å². The van der Waals surface area contributed by atoms with Gasteiger partial charge in [0.25, 0.3) is 0 Å². The number of fused-ring (bicyclic) bond motifs is 1. The fraction of sp³-hybridized carbons (Fsp3) is 0.500. The van der Waals surface area contributed by atoms with Crippen LogP contribution >= 0.6 is 0 Å². The van der Waals surface area contributed by atoms with Crippen LogP contribution in [0, 0.1) is 6.92 Å². The zero-order chi connectivity index (χ0) is 15.0. The van der Waals surface area contributed by atoms with Gasteiger partial charge in [0, 0.05) is 7.05 Å². The number of rotatable bonds is 3. The maximum absolute atomic E-state index is 12.1. The molecule has 1 saturated heterocycles. The van der Waals surface area contributed by atoms with Crippen molar-refractivity contribution in [1.82, 2.24) is 9.55 Å². The lowest BCUT2D eigenvalue weighted by atomic mass is 10.2. The number of aromatic nitrogens is 2. The summed E-state index contributed by atoms with van der Waals surface area (Å²) in [6.07, 6.45) is 2.28. The molecule has 1 aromatic carbocycles. The van der Waals surface area contributed by atoms with Gasteiger partial charge in [0.1, 0.15) is 12.4 Å². The molecule has 0 N–H and O–H groups in total. The van der Waals surface area contributed by atoms with Crippen LogP contribution in [0.15, 0.2) is 18.2 Å². The Balaban J connectivity index is 1.69. The van der Waals surface area contributed by atoms with Gasteiger partial charge < -0.3 is 14.0 Å². The van der Waals surface area contributed by atoms with E-state index in [0.717, 1.165) is 29.7 Å². The number of hydrogen-bond donors (Lipinski definition) is 0. The van der Waals surface area contributed by atoms with Crippen LogP contribution in [-0.4, -0.2) is 34.3 Å². The first-order valence-corrected chi connectivity index (χ1v) is 7.30. The van der Waals surface area contributed by atoms with Gasteiger partial charge in [-0.05, 0) is 44.9 Å². The van der Waals surface area contributed by atoms with Crippen molar-refractivity contribution in [1.29, 1.82) is 0 Å². The number of benzene rings is 1. The van der Waals surface area contributed by atoms with Crippen molar-refractivity contribution in [2.75, 3.05) is 6.61 Å². The molecule has 5 nitrogen and oxygen atoms in total. The summed E-state index contributed by atoms with van der Waals surface area (Å²) < 4.78 is 13.0. The minimum Gasteiger partial charge on any atom is -0.459 e. The minimum atomic E-state index is -0.316. The second-order valence-electron chi connectivity index (χ2n) is 5.67. The van der Waals surface area contributed by atoms with Crippen LogP contribution < -0.4 is 0 Å². The second-order valence-corrected chi connectivity index (χ2v) is 5.67. The normalized spacial score (nSPS) is 21.9. The molecule has 0 radical (unpaired) electrons. The average Bonchev–Trinajstić information content (AvgIpc) is 3.00. The number of hydrogen-bond acceptors (Lipinski definition) is 4. The number of aryl methyl sites for hydroxylation is 2. The summed E-state index contributed by atoms with van der Waals surface area (Å²) in [5.74, 6) is 0.604. The SMILES string of the molecule is Cc1nc2cc(C(=O)OC[C@H]3CC[C@H](C)O3)ccc2n1C. The summed E-state index contributed by atoms with van der Waals surface area (Å²) in [5, 5.41) is 0. The summed E-state index contributed by atoms with van der Waals surface area (Å²) in [6, 6.07) is 5.47. The predicted molar refractivity (Wildman–Crippen MR) is 79.3 cm³/mol. The van der Waals surface area contributed by atoms with Crippen LogP contribution in [0.25, 0.3) is 11.0 Å². The van der Waals surface area contributed by atoms with E-state index < -0.39 is 0 Å². The molecular weight excluding hydrogens is 268 g/mol. The van der Waals surface area contributed by atoms with E-state index >= 15 is 0 Å². The van der Waals surface area contributed by atoms with Crippen molar-refractivity contribution >= 4 is 17.0 Å². The first-order chi connectivity index (χ1) is 10.0. The molecule has 2 atom stereocenters. The van der Waals surface area contributed by atoms with Crippen molar-refractivity contribution < 1.29 is 14.3 Å². The molecule has 1 fully saturated rings. The molecule has 112 valence electrons. The monoisotopic (exact) mass is 288 g/mol. The topological polar surface area (TPSA) is 53.4 Å². The fourth-order valence-electron chi connectivity index (χ4n) is 2.71. The van der Waals surface area contributed by atoms with Gasteiger partial charge in [-0.1, -0.05) is 0 Å². The van der Waals surface area contributed by atoms with Gasteiger partial charge in [0.05, 0.1) is 28.8 Å². The van der Waals surface area contributed by atoms with Crippen LogP contribution in [0.4, 0.5) is 0 Å². The van der Waals surface area contributed by atoms with Crippen LogP contribution in [-0.2, 0) is 16.5 Å². The number of carbonyl (C=O) groups excluding carboxylic acids is 1. The molecule has 1 aromatic heterocycles. The van der Waals surface area contributed by atoms with Crippen LogP contribution in [0.3, 0.4) is 0 Å². The molecule has 3 rings (SSSR count). The van der Waals surface area contributed by atoms with E-state index in [1.807, 2.05) is 31.5 Å². The molecule has 0 amide bonds. The summed E-state index contributed by atoms with van der Waals surface area (Å²) in [7, 11) is 1.96. The van der Waals surface area contributed by atoms with Gasteiger partial charge >= 0.3 is 5.97 Å². The number of ether oxygens (including phenoxy) is 2. The molecule has 0 saturated carbocycles. The average molecular weight is 288 g/mol. The van der Waals surface area contributed by atoms with Crippen molar-refractivity contribution in [3.63, 3.8) is 0 Å². The van der Waals surface area contributed by atoms with E-state index in [4.69, 9.17) is 9.47 Å². The first kappa shape index (κ1) is 14.1. The second kappa shape index (κ2) is 5.48. The molecule has 2 aromatic rings. The molecule has 0 unspecified atom stereocenters. The fourth-order valence-corrected chi connectivity index (χ4v) is 2.71. The Bertz CT molecular complexity index is 677. The standard InChI is InChI=1S/C16H20N2O3/c1-10-4-6-13(21-10)9-20-16(19)12-5-7-15-14(8-12)17-11(2)18(15)3/h5,7-8,10,13H,4,6,9H2,1-3H3/t10-,13+/m0/s1. The van der Waals surface area contributed by atoms with E-state index in [0.29, 0.717) is 12.2 Å². The highest BCUT2D eigenvalue weighted by Crippen LogP contribution is 2.20. The summed E-state index contributed by atoms with van der Waals surface area (Å²) in [6.45, 7) is 4.30. The summed E-state index contributed by atoms with van der Waals surface area (Å²) in [4.78, 5) is 16.5. The third-order valence-corrected chi connectivity index (χ3v) is 4.06. The third kappa shape index (κ3) is 2.78. The molecule has 21 heavy (non-hydrogen) atoms. The highest BCUT2D eigenvalue weighted by atomic mass is 16.6. The Morgan fingerprint density at radius 1 is 1.48 bits per heavy atom. The zero-order valence-electron chi connectivity index (χ0n) is 12.6. The lowest BCUT2D eigenvalue weighted by Gasteiger charge is -2.11. The van der Waals surface area contributed by atoms with Gasteiger partial charge in [-0.15, -0.1) is 0 Å². The molecule has 1 aliphatic rings. The molecule has 0 spiro atoms. The van der Waals surface area contributed by atoms with E-state index in [-0.39, 0.29) is 18.2 Å². The lowest BCUT2D eigenvalue weighted by molar-refractivity contribution is -0.00265. The van der Waals surface area contributed by atoms with Crippen LogP contribution in [0.5, 0.6) is 0 Å². The molecule has 2 heterocycles. The zero-order valence-corrected chi connectivity index (χ0v) is 12.6. The van der Waals surface area contributed by atoms with Crippen molar-refractivity contribution in [2.24, 2.45) is 7.05 Å². The first-order valence-electron chi connectivity index (χ1n) is 7.30. The molecule has 0 aliphatic carbocycles. The number of imidazole rings is 1. The molecular formula is C16H20N2O3. The van der Waals surface area contributed by atoms with Crippen molar-refractivity contribution in [3.05, 3.63) is 29.6 Å². The Morgan fingerprint density at radius 3 is 3.00 bits per heavy atom. The van der Waals surface area contributed by atoms with Gasteiger partial charge in [0.15, 0.2) is 0 Å². The Hall–Kier alpha value is -1.88. The third-order valence-electron chi connectivity index (χ3n) is 4.06. The van der Waals surface area contributed by atoms with Crippen LogP contribution in [0.1, 0.15) is 35.9 Å². The Labute approximate surface area is 123 Å². The number of carbonyl (C=O) groups is 1. The smallest absolute Gasteiger partial charge is 0.338 e. The Kier molecular flexibility index (Phi) is 3.68. The summed E-state index contributed by atoms with van der Waals surface area (Å²) in [5.41, 5.74) is 2.36. The van der Waals surface area contributed by atoms with E-state index in [1.54, 1.807) is 12.1 Å². The van der Waals surface area contributed by atoms with E-state index in [1.165, 1.54) is 0 Å². The minimum absolute atomic E-state index is 0.0322. The predicted octanol–water partition coefficient (Wildman–Crippen LogP) is 2.61. The number of nitrogens with zero attached hydrogens (tertiary/aromatic N) is 2. The highest BCUT2D eigenvalue weighted by Gasteiger charge is 2.23. The van der Waals surface area contributed by atoms with E-state index in [2.05, 4.69) is 4.98 Å². The van der Waals surface area contributed by atoms with Gasteiger partial charge in [-0.2, -0.15) is 0 Å². The van der Waals surface area contributed by atoms with Crippen LogP contribution in [0.2, 0.25) is 0 Å². The van der Waals surface area contributed by atoms with Crippen molar-refractivity contribution in [2.45, 2.75) is 38.9 Å². The number of esters is 1. The maximum atomic E-state index is 12.1. The van der Waals surface area contributed by atoms with Gasteiger partial charge in [-0.25, -0.2) is 9.78 Å². The maximum Gasteiger partial charge on any atom is 0.338 e.